The van der Waals surface area contributed by atoms with Crippen LogP contribution in [0.3, 0.4) is 0 Å². The number of aromatic nitrogens is 2. The lowest BCUT2D eigenvalue weighted by Crippen LogP contribution is -2.26. The van der Waals surface area contributed by atoms with Crippen LogP contribution in [0, 0.1) is 0 Å². The molecule has 0 spiro atoms. The van der Waals surface area contributed by atoms with Crippen LogP contribution >= 0.6 is 11.6 Å². The largest absolute Gasteiger partial charge is 0.496 e. The average molecular weight is 356 g/mol. The molecule has 1 N–H and O–H groups in total. The number of nitrogens with zero attached hydrogens (tertiary/aromatic N) is 2. The second-order valence-corrected chi connectivity index (χ2v) is 5.88. The predicted molar refractivity (Wildman–Crippen MR) is 97.6 cm³/mol. The van der Waals surface area contributed by atoms with Crippen LogP contribution in [0.15, 0.2) is 60.8 Å². The molecule has 6 heteroatoms. The minimum Gasteiger partial charge on any atom is -0.496 e. The summed E-state index contributed by atoms with van der Waals surface area (Å²) in [6.45, 7) is 0.503. The molecular weight excluding hydrogens is 338 g/mol. The predicted octanol–water partition coefficient (Wildman–Crippen LogP) is 3.51. The van der Waals surface area contributed by atoms with Crippen molar-refractivity contribution >= 4 is 17.5 Å². The molecular formula is C19H18ClN3O2. The quantitative estimate of drug-likeness (QED) is 0.736. The highest BCUT2D eigenvalue weighted by molar-refractivity contribution is 6.30. The molecule has 3 rings (SSSR count). The minimum atomic E-state index is -0.212. The second kappa shape index (κ2) is 7.85. The van der Waals surface area contributed by atoms with Crippen molar-refractivity contribution in [2.45, 2.75) is 6.42 Å². The number of benzene rings is 2. The molecule has 0 unspecified atom stereocenters. The molecule has 0 fully saturated rings. The molecule has 0 atom stereocenters. The molecule has 1 aromatic heterocycles. The van der Waals surface area contributed by atoms with E-state index in [4.69, 9.17) is 16.3 Å². The van der Waals surface area contributed by atoms with E-state index < -0.39 is 0 Å². The smallest absolute Gasteiger partial charge is 0.271 e. The van der Waals surface area contributed by atoms with Gasteiger partial charge in [-0.1, -0.05) is 35.9 Å². The average Bonchev–Trinajstić information content (AvgIpc) is 3.12. The van der Waals surface area contributed by atoms with Crippen molar-refractivity contribution in [3.8, 4) is 11.4 Å². The summed E-state index contributed by atoms with van der Waals surface area (Å²) in [5.41, 5.74) is 2.22. The number of carbonyl (C=O) groups excluding carboxylic acids is 1. The van der Waals surface area contributed by atoms with E-state index in [0.717, 1.165) is 17.0 Å². The van der Waals surface area contributed by atoms with Crippen molar-refractivity contribution < 1.29 is 9.53 Å². The van der Waals surface area contributed by atoms with Crippen LogP contribution in [-0.4, -0.2) is 29.3 Å². The summed E-state index contributed by atoms with van der Waals surface area (Å²) in [6, 6.07) is 16.7. The van der Waals surface area contributed by atoms with Gasteiger partial charge >= 0.3 is 0 Å². The number of amides is 1. The number of rotatable bonds is 6. The zero-order valence-corrected chi connectivity index (χ0v) is 14.5. The van der Waals surface area contributed by atoms with Crippen LogP contribution in [0.25, 0.3) is 5.69 Å². The van der Waals surface area contributed by atoms with Gasteiger partial charge in [0.25, 0.3) is 5.91 Å². The van der Waals surface area contributed by atoms with E-state index in [1.165, 1.54) is 0 Å². The Kier molecular flexibility index (Phi) is 5.36. The van der Waals surface area contributed by atoms with E-state index in [1.54, 1.807) is 36.2 Å². The fraction of sp³-hybridized carbons (Fsp3) is 0.158. The van der Waals surface area contributed by atoms with Crippen molar-refractivity contribution in [2.24, 2.45) is 0 Å². The first-order valence-electron chi connectivity index (χ1n) is 7.89. The van der Waals surface area contributed by atoms with Crippen LogP contribution in [0.2, 0.25) is 5.02 Å². The molecule has 0 bridgehead atoms. The van der Waals surface area contributed by atoms with Crippen LogP contribution in [0.5, 0.6) is 5.75 Å². The Balaban J connectivity index is 1.61. The molecule has 3 aromatic rings. The third-order valence-electron chi connectivity index (χ3n) is 3.77. The van der Waals surface area contributed by atoms with Crippen molar-refractivity contribution in [1.29, 1.82) is 0 Å². The summed E-state index contributed by atoms with van der Waals surface area (Å²) >= 11 is 5.98. The number of carbonyl (C=O) groups is 1. The first-order valence-corrected chi connectivity index (χ1v) is 8.27. The highest BCUT2D eigenvalue weighted by Gasteiger charge is 2.10. The van der Waals surface area contributed by atoms with Gasteiger partial charge < -0.3 is 10.1 Å². The molecule has 1 heterocycles. The van der Waals surface area contributed by atoms with E-state index in [-0.39, 0.29) is 5.91 Å². The summed E-state index contributed by atoms with van der Waals surface area (Å²) < 4.78 is 6.94. The maximum Gasteiger partial charge on any atom is 0.271 e. The molecule has 0 aliphatic carbocycles. The van der Waals surface area contributed by atoms with Gasteiger partial charge in [0, 0.05) is 17.8 Å². The molecule has 0 saturated carbocycles. The topological polar surface area (TPSA) is 56.1 Å². The van der Waals surface area contributed by atoms with Gasteiger partial charge in [-0.3, -0.25) is 4.79 Å². The molecule has 5 nitrogen and oxygen atoms in total. The van der Waals surface area contributed by atoms with Crippen molar-refractivity contribution in [2.75, 3.05) is 13.7 Å². The van der Waals surface area contributed by atoms with Gasteiger partial charge in [0.05, 0.1) is 12.8 Å². The Morgan fingerprint density at radius 2 is 2.04 bits per heavy atom. The monoisotopic (exact) mass is 355 g/mol. The lowest BCUT2D eigenvalue weighted by Gasteiger charge is -2.08. The zero-order valence-electron chi connectivity index (χ0n) is 13.8. The van der Waals surface area contributed by atoms with Gasteiger partial charge in [-0.15, -0.1) is 0 Å². The Bertz CT molecular complexity index is 876. The maximum atomic E-state index is 12.3. The Hall–Kier alpha value is -2.79. The van der Waals surface area contributed by atoms with Gasteiger partial charge in [0.2, 0.25) is 0 Å². The van der Waals surface area contributed by atoms with Crippen LogP contribution in [0.4, 0.5) is 0 Å². The van der Waals surface area contributed by atoms with Gasteiger partial charge in [0.15, 0.2) is 5.69 Å². The molecule has 0 radical (unpaired) electrons. The molecule has 0 saturated heterocycles. The van der Waals surface area contributed by atoms with E-state index in [1.807, 2.05) is 36.4 Å². The SMILES string of the molecule is COc1ccccc1CCNC(=O)c1ccn(-c2cccc(Cl)c2)n1. The van der Waals surface area contributed by atoms with Gasteiger partial charge in [0.1, 0.15) is 5.75 Å². The van der Waals surface area contributed by atoms with Crippen LogP contribution in [-0.2, 0) is 6.42 Å². The highest BCUT2D eigenvalue weighted by Crippen LogP contribution is 2.17. The van der Waals surface area contributed by atoms with Crippen molar-refractivity contribution in [3.63, 3.8) is 0 Å². The number of methoxy groups -OCH3 is 1. The Labute approximate surface area is 151 Å². The molecule has 1 amide bonds. The lowest BCUT2D eigenvalue weighted by molar-refractivity contribution is 0.0948. The summed E-state index contributed by atoms with van der Waals surface area (Å²) in [7, 11) is 1.64. The molecule has 25 heavy (non-hydrogen) atoms. The Morgan fingerprint density at radius 3 is 2.84 bits per heavy atom. The normalized spacial score (nSPS) is 10.5. The fourth-order valence-electron chi connectivity index (χ4n) is 2.52. The van der Waals surface area contributed by atoms with Crippen molar-refractivity contribution in [3.05, 3.63) is 77.1 Å². The van der Waals surface area contributed by atoms with E-state index >= 15 is 0 Å². The van der Waals surface area contributed by atoms with Crippen LogP contribution in [0.1, 0.15) is 16.1 Å². The number of para-hydroxylation sites is 1. The number of hydrogen-bond acceptors (Lipinski definition) is 3. The standard InChI is InChI=1S/C19H18ClN3O2/c1-25-18-8-3-2-5-14(18)9-11-21-19(24)17-10-12-23(22-17)16-7-4-6-15(20)13-16/h2-8,10,12-13H,9,11H2,1H3,(H,21,24). The summed E-state index contributed by atoms with van der Waals surface area (Å²) in [5, 5.41) is 7.80. The molecule has 0 aliphatic heterocycles. The summed E-state index contributed by atoms with van der Waals surface area (Å²) in [6.07, 6.45) is 2.42. The minimum absolute atomic E-state index is 0.212. The third kappa shape index (κ3) is 4.19. The van der Waals surface area contributed by atoms with Crippen molar-refractivity contribution in [1.82, 2.24) is 15.1 Å². The summed E-state index contributed by atoms with van der Waals surface area (Å²) in [5.74, 6) is 0.609. The molecule has 2 aromatic carbocycles. The van der Waals surface area contributed by atoms with Gasteiger partial charge in [-0.2, -0.15) is 5.10 Å². The van der Waals surface area contributed by atoms with E-state index in [9.17, 15) is 4.79 Å². The third-order valence-corrected chi connectivity index (χ3v) is 4.00. The first kappa shape index (κ1) is 17.0. The lowest BCUT2D eigenvalue weighted by atomic mass is 10.1. The first-order chi connectivity index (χ1) is 12.2. The van der Waals surface area contributed by atoms with Gasteiger partial charge in [-0.25, -0.2) is 4.68 Å². The van der Waals surface area contributed by atoms with Crippen LogP contribution < -0.4 is 10.1 Å². The zero-order chi connectivity index (χ0) is 17.6. The number of nitrogens with one attached hydrogen (secondary N) is 1. The summed E-state index contributed by atoms with van der Waals surface area (Å²) in [4.78, 5) is 12.3. The van der Waals surface area contributed by atoms with Gasteiger partial charge in [-0.05, 0) is 42.3 Å². The number of hydrogen-bond donors (Lipinski definition) is 1. The molecule has 0 aliphatic rings. The fourth-order valence-corrected chi connectivity index (χ4v) is 2.70. The number of halogens is 1. The Morgan fingerprint density at radius 1 is 1.20 bits per heavy atom. The highest BCUT2D eigenvalue weighted by atomic mass is 35.5. The molecule has 128 valence electrons. The number of ether oxygens (including phenoxy) is 1. The van der Waals surface area contributed by atoms with E-state index in [2.05, 4.69) is 10.4 Å². The van der Waals surface area contributed by atoms with E-state index in [0.29, 0.717) is 23.7 Å². The second-order valence-electron chi connectivity index (χ2n) is 5.44. The maximum absolute atomic E-state index is 12.3.